The van der Waals surface area contributed by atoms with Gasteiger partial charge in [0.1, 0.15) is 0 Å². The van der Waals surface area contributed by atoms with Crippen molar-refractivity contribution in [3.8, 4) is 11.1 Å². The fraction of sp³-hybridized carbons (Fsp3) is 0.0286. The van der Waals surface area contributed by atoms with Crippen molar-refractivity contribution in [1.29, 1.82) is 0 Å². The average molecular weight is 915 g/mol. The highest BCUT2D eigenvalue weighted by Crippen LogP contribution is 2.51. The minimum atomic E-state index is 0.254. The molecule has 2 aliphatic carbocycles. The lowest BCUT2D eigenvalue weighted by Crippen LogP contribution is -2.35. The summed E-state index contributed by atoms with van der Waals surface area (Å²) in [7, 11) is 0. The van der Waals surface area contributed by atoms with Gasteiger partial charge in [-0.1, -0.05) is 206 Å². The summed E-state index contributed by atoms with van der Waals surface area (Å²) in [5.74, 6) is 0.254. The van der Waals surface area contributed by atoms with E-state index in [1.165, 1.54) is 104 Å². The van der Waals surface area contributed by atoms with Crippen molar-refractivity contribution in [2.45, 2.75) is 6.42 Å². The van der Waals surface area contributed by atoms with Crippen LogP contribution in [0.1, 0.15) is 34.2 Å². The summed E-state index contributed by atoms with van der Waals surface area (Å²) in [4.78, 5) is 4.96. The molecular formula is C70H46N2. The zero-order chi connectivity index (χ0) is 47.3. The third kappa shape index (κ3) is 6.22. The number of allylic oxidation sites excluding steroid dienone is 4. The predicted molar refractivity (Wildman–Crippen MR) is 307 cm³/mol. The molecule has 72 heavy (non-hydrogen) atoms. The predicted octanol–water partition coefficient (Wildman–Crippen LogP) is 17.4. The Morgan fingerprint density at radius 1 is 0.333 bits per heavy atom. The number of benzene rings is 11. The molecule has 1 atom stereocenters. The van der Waals surface area contributed by atoms with Gasteiger partial charge in [0.15, 0.2) is 0 Å². The van der Waals surface area contributed by atoms with Gasteiger partial charge in [-0.3, -0.25) is 0 Å². The third-order valence-corrected chi connectivity index (χ3v) is 15.7. The monoisotopic (exact) mass is 914 g/mol. The van der Waals surface area contributed by atoms with Crippen LogP contribution < -0.4 is 20.2 Å². The van der Waals surface area contributed by atoms with Crippen LogP contribution in [0.3, 0.4) is 0 Å². The van der Waals surface area contributed by atoms with Gasteiger partial charge in [0.2, 0.25) is 0 Å². The van der Waals surface area contributed by atoms with Gasteiger partial charge in [-0.2, -0.15) is 0 Å². The van der Waals surface area contributed by atoms with Crippen molar-refractivity contribution < 1.29 is 0 Å². The Kier molecular flexibility index (Phi) is 9.12. The van der Waals surface area contributed by atoms with E-state index in [2.05, 4.69) is 271 Å². The molecular weight excluding hydrogens is 869 g/mol. The molecule has 2 nitrogen and oxygen atoms in total. The Bertz CT molecular complexity index is 4290. The summed E-state index contributed by atoms with van der Waals surface area (Å²) < 4.78 is 0. The molecule has 0 N–H and O–H groups in total. The first kappa shape index (κ1) is 40.6. The quantitative estimate of drug-likeness (QED) is 0.128. The number of rotatable bonds is 4. The van der Waals surface area contributed by atoms with Crippen molar-refractivity contribution in [2.24, 2.45) is 5.92 Å². The summed E-state index contributed by atoms with van der Waals surface area (Å²) in [6.07, 6.45) is 19.1. The van der Waals surface area contributed by atoms with Gasteiger partial charge in [0, 0.05) is 17.3 Å². The highest BCUT2D eigenvalue weighted by atomic mass is 15.2. The molecule has 4 aliphatic rings. The lowest BCUT2D eigenvalue weighted by atomic mass is 9.76. The van der Waals surface area contributed by atoms with E-state index in [0.717, 1.165) is 40.5 Å². The minimum absolute atomic E-state index is 0.254. The Hall–Kier alpha value is -9.24. The van der Waals surface area contributed by atoms with Crippen LogP contribution >= 0.6 is 0 Å². The van der Waals surface area contributed by atoms with Crippen LogP contribution in [0.25, 0.3) is 89.7 Å². The number of hydrogen-bond donors (Lipinski definition) is 0. The van der Waals surface area contributed by atoms with Crippen LogP contribution in [-0.2, 0) is 0 Å². The lowest BCUT2D eigenvalue weighted by molar-refractivity contribution is 0.846. The first-order valence-corrected chi connectivity index (χ1v) is 25.2. The van der Waals surface area contributed by atoms with Crippen LogP contribution in [0.4, 0.5) is 34.1 Å². The van der Waals surface area contributed by atoms with E-state index < -0.39 is 0 Å². The maximum Gasteiger partial charge on any atom is 0.0534 e. The van der Waals surface area contributed by atoms with E-state index in [4.69, 9.17) is 0 Å². The van der Waals surface area contributed by atoms with Crippen LogP contribution in [0.15, 0.2) is 237 Å². The minimum Gasteiger partial charge on any atom is -0.309 e. The summed E-state index contributed by atoms with van der Waals surface area (Å²) >= 11 is 0. The molecule has 0 aromatic heterocycles. The van der Waals surface area contributed by atoms with Crippen molar-refractivity contribution in [1.82, 2.24) is 0 Å². The van der Waals surface area contributed by atoms with E-state index >= 15 is 0 Å². The molecule has 0 fully saturated rings. The molecule has 0 saturated carbocycles. The summed E-state index contributed by atoms with van der Waals surface area (Å²) in [5.41, 5.74) is 18.2. The maximum atomic E-state index is 2.52. The molecule has 11 aromatic rings. The lowest BCUT2D eigenvalue weighted by Gasteiger charge is -2.30. The fourth-order valence-corrected chi connectivity index (χ4v) is 12.5. The maximum absolute atomic E-state index is 2.52. The number of fused-ring (bicyclic) bond motifs is 11. The normalized spacial score (nSPS) is 15.2. The Balaban J connectivity index is 1.13. The van der Waals surface area contributed by atoms with Gasteiger partial charge in [-0.05, 0) is 165 Å². The Morgan fingerprint density at radius 3 is 1.40 bits per heavy atom. The molecule has 2 heteroatoms. The summed E-state index contributed by atoms with van der Waals surface area (Å²) in [5, 5.41) is 12.5. The summed E-state index contributed by atoms with van der Waals surface area (Å²) in [6, 6.07) is 79.4. The number of nitrogens with zero attached hydrogens (tertiary/aromatic N) is 2. The van der Waals surface area contributed by atoms with Crippen molar-refractivity contribution in [3.05, 3.63) is 275 Å². The molecule has 0 amide bonds. The Labute approximate surface area is 418 Å². The van der Waals surface area contributed by atoms with E-state index in [9.17, 15) is 0 Å². The first-order chi connectivity index (χ1) is 35.7. The van der Waals surface area contributed by atoms with Crippen molar-refractivity contribution >= 4 is 113 Å². The summed E-state index contributed by atoms with van der Waals surface area (Å²) in [6.45, 7) is 0. The highest BCUT2D eigenvalue weighted by Gasteiger charge is 2.29. The van der Waals surface area contributed by atoms with Crippen LogP contribution in [0, 0.1) is 5.92 Å². The van der Waals surface area contributed by atoms with E-state index in [0.29, 0.717) is 0 Å². The number of anilines is 6. The first-order valence-electron chi connectivity index (χ1n) is 25.2. The molecule has 0 saturated heterocycles. The van der Waals surface area contributed by atoms with Gasteiger partial charge < -0.3 is 9.80 Å². The molecule has 0 radical (unpaired) electrons. The third-order valence-electron chi connectivity index (χ3n) is 15.7. The van der Waals surface area contributed by atoms with Crippen LogP contribution in [0.2, 0.25) is 0 Å². The molecule has 2 heterocycles. The topological polar surface area (TPSA) is 6.48 Å². The second-order valence-corrected chi connectivity index (χ2v) is 19.5. The molecule has 1 unspecified atom stereocenters. The zero-order valence-corrected chi connectivity index (χ0v) is 39.5. The van der Waals surface area contributed by atoms with Gasteiger partial charge in [0.05, 0.1) is 22.7 Å². The van der Waals surface area contributed by atoms with Gasteiger partial charge >= 0.3 is 0 Å². The molecule has 336 valence electrons. The highest BCUT2D eigenvalue weighted by molar-refractivity contribution is 6.25. The number of para-hydroxylation sites is 4. The van der Waals surface area contributed by atoms with E-state index in [-0.39, 0.29) is 5.92 Å². The van der Waals surface area contributed by atoms with Crippen LogP contribution in [-0.4, -0.2) is 0 Å². The molecule has 2 aliphatic heterocycles. The zero-order valence-electron chi connectivity index (χ0n) is 39.5. The smallest absolute Gasteiger partial charge is 0.0534 e. The average Bonchev–Trinajstić information content (AvgIpc) is 3.72. The molecule has 0 spiro atoms. The van der Waals surface area contributed by atoms with E-state index in [1.807, 2.05) is 0 Å². The molecule has 0 bridgehead atoms. The SMILES string of the molecule is C1=CC2=c3ccccc3=C(c3c4cc(N5c6ccccc6C=Cc6ccccc65)ccc4c(-c4cc5ccccc5c5ccccc45)c4cc(N5c6ccccc6C=Cc6ccccc65)ccc34)CC2C=C1. The van der Waals surface area contributed by atoms with Gasteiger partial charge in [-0.15, -0.1) is 0 Å². The largest absolute Gasteiger partial charge is 0.309 e. The second-order valence-electron chi connectivity index (χ2n) is 19.5. The fourth-order valence-electron chi connectivity index (χ4n) is 12.5. The standard InChI is InChI=1S/C70H46N2/c1-7-23-53-49(21-1)41-61(57-27-11-9-25-55(53)57)69-59-39-37-52(72-67-31-15-5-19-47(67)35-36-48-20-6-16-32-68(48)72)44-64(59)70(62-42-50-22-2-8-24-54(50)56-26-10-12-28-58(56)62)60-40-38-51(43-63(60)69)71-65-29-13-3-17-45(65)33-34-46-18-4-14-30-66(46)71/h1-41,43-44,50H,42H2. The van der Waals surface area contributed by atoms with Gasteiger partial charge in [0.25, 0.3) is 0 Å². The van der Waals surface area contributed by atoms with Crippen molar-refractivity contribution in [3.63, 3.8) is 0 Å². The van der Waals surface area contributed by atoms with E-state index in [1.54, 1.807) is 0 Å². The second kappa shape index (κ2) is 16.2. The molecule has 15 rings (SSSR count). The number of hydrogen-bond acceptors (Lipinski definition) is 2. The van der Waals surface area contributed by atoms with Crippen molar-refractivity contribution in [2.75, 3.05) is 9.80 Å². The van der Waals surface area contributed by atoms with Gasteiger partial charge in [-0.25, -0.2) is 0 Å². The Morgan fingerprint density at radius 2 is 0.806 bits per heavy atom. The van der Waals surface area contributed by atoms with Crippen LogP contribution in [0.5, 0.6) is 0 Å². The molecule has 11 aromatic carbocycles.